The highest BCUT2D eigenvalue weighted by Gasteiger charge is 2.15. The molecule has 0 heterocycles. The highest BCUT2D eigenvalue weighted by atomic mass is 15.1. The third-order valence-electron chi connectivity index (χ3n) is 8.08. The molecule has 0 bridgehead atoms. The second-order valence-electron chi connectivity index (χ2n) is 10.7. The van der Waals surface area contributed by atoms with E-state index in [0.717, 1.165) is 22.7 Å². The van der Waals surface area contributed by atoms with Gasteiger partial charge in [-0.1, -0.05) is 121 Å². The summed E-state index contributed by atoms with van der Waals surface area (Å²) in [4.78, 5) is 4.58. The third-order valence-corrected chi connectivity index (χ3v) is 8.08. The molecule has 7 aromatic rings. The van der Waals surface area contributed by atoms with E-state index in [-0.39, 0.29) is 0 Å². The van der Waals surface area contributed by atoms with Crippen molar-refractivity contribution in [3.8, 4) is 22.3 Å². The molecule has 0 N–H and O–H groups in total. The van der Waals surface area contributed by atoms with Crippen LogP contribution in [0.25, 0.3) is 33.0 Å². The number of nitrogens with zero attached hydrogens (tertiary/aromatic N) is 2. The standard InChI is InChI=1S/C41H32N2/c1-42(39-19-10-16-35(30-39)31-12-4-2-5-13-31)36-26-22-32(23-27-36)33-24-28-38(29-25-33)43(37-17-6-3-7-18-37)41-21-11-15-34-14-8-9-20-40(34)41/h2-30H,1H3. The van der Waals surface area contributed by atoms with Crippen LogP contribution in [-0.4, -0.2) is 7.05 Å². The van der Waals surface area contributed by atoms with Gasteiger partial charge in [0.2, 0.25) is 0 Å². The molecule has 2 heteroatoms. The maximum absolute atomic E-state index is 2.34. The fourth-order valence-electron chi connectivity index (χ4n) is 5.76. The van der Waals surface area contributed by atoms with Crippen LogP contribution >= 0.6 is 0 Å². The summed E-state index contributed by atoms with van der Waals surface area (Å²) >= 11 is 0. The van der Waals surface area contributed by atoms with Crippen LogP contribution in [0.3, 0.4) is 0 Å². The molecule has 0 spiro atoms. The molecule has 2 nitrogen and oxygen atoms in total. The minimum atomic E-state index is 1.13. The van der Waals surface area contributed by atoms with Gasteiger partial charge in [-0.3, -0.25) is 0 Å². The monoisotopic (exact) mass is 552 g/mol. The van der Waals surface area contributed by atoms with Crippen LogP contribution in [0.4, 0.5) is 28.4 Å². The molecule has 7 aromatic carbocycles. The van der Waals surface area contributed by atoms with Gasteiger partial charge in [0, 0.05) is 35.2 Å². The molecule has 0 saturated carbocycles. The summed E-state index contributed by atoms with van der Waals surface area (Å²) in [6.45, 7) is 0. The second kappa shape index (κ2) is 11.7. The lowest BCUT2D eigenvalue weighted by Crippen LogP contribution is -2.10. The molecular weight excluding hydrogens is 520 g/mol. The average molecular weight is 553 g/mol. The quantitative estimate of drug-likeness (QED) is 0.194. The number of anilines is 5. The van der Waals surface area contributed by atoms with E-state index in [1.807, 2.05) is 0 Å². The van der Waals surface area contributed by atoms with Crippen LogP contribution in [0.15, 0.2) is 176 Å². The van der Waals surface area contributed by atoms with Crippen molar-refractivity contribution < 1.29 is 0 Å². The average Bonchev–Trinajstić information content (AvgIpc) is 3.09. The van der Waals surface area contributed by atoms with Crippen molar-refractivity contribution in [2.75, 3.05) is 16.8 Å². The van der Waals surface area contributed by atoms with Gasteiger partial charge in [0.05, 0.1) is 5.69 Å². The van der Waals surface area contributed by atoms with Gasteiger partial charge in [0.15, 0.2) is 0 Å². The Morgan fingerprint density at radius 1 is 0.349 bits per heavy atom. The lowest BCUT2D eigenvalue weighted by Gasteiger charge is -2.27. The van der Waals surface area contributed by atoms with E-state index < -0.39 is 0 Å². The largest absolute Gasteiger partial charge is 0.345 e. The van der Waals surface area contributed by atoms with Crippen molar-refractivity contribution in [2.24, 2.45) is 0 Å². The molecule has 0 aromatic heterocycles. The topological polar surface area (TPSA) is 6.48 Å². The van der Waals surface area contributed by atoms with E-state index in [0.29, 0.717) is 0 Å². The normalized spacial score (nSPS) is 10.9. The fourth-order valence-corrected chi connectivity index (χ4v) is 5.76. The first kappa shape index (κ1) is 26.3. The Kier molecular flexibility index (Phi) is 7.17. The smallest absolute Gasteiger partial charge is 0.0540 e. The predicted octanol–water partition coefficient (Wildman–Crippen LogP) is 11.4. The Labute approximate surface area is 253 Å². The van der Waals surface area contributed by atoms with E-state index in [9.17, 15) is 0 Å². The first-order valence-electron chi connectivity index (χ1n) is 14.7. The maximum atomic E-state index is 2.34. The minimum Gasteiger partial charge on any atom is -0.345 e. The van der Waals surface area contributed by atoms with Crippen LogP contribution in [0.5, 0.6) is 0 Å². The van der Waals surface area contributed by atoms with Crippen LogP contribution < -0.4 is 9.80 Å². The van der Waals surface area contributed by atoms with Crippen molar-refractivity contribution >= 4 is 39.2 Å². The van der Waals surface area contributed by atoms with Crippen LogP contribution in [-0.2, 0) is 0 Å². The van der Waals surface area contributed by atoms with Crippen LogP contribution in [0, 0.1) is 0 Å². The Hall–Kier alpha value is -5.60. The number of hydrogen-bond donors (Lipinski definition) is 0. The molecule has 0 fully saturated rings. The molecule has 0 aliphatic rings. The van der Waals surface area contributed by atoms with Crippen molar-refractivity contribution in [1.29, 1.82) is 0 Å². The summed E-state index contributed by atoms with van der Waals surface area (Å²) < 4.78 is 0. The number of benzene rings is 7. The highest BCUT2D eigenvalue weighted by molar-refractivity contribution is 5.99. The summed E-state index contributed by atoms with van der Waals surface area (Å²) in [5.74, 6) is 0. The number of rotatable bonds is 7. The van der Waals surface area contributed by atoms with E-state index in [1.165, 1.54) is 38.7 Å². The molecular formula is C41H32N2. The van der Waals surface area contributed by atoms with Crippen molar-refractivity contribution in [2.45, 2.75) is 0 Å². The van der Waals surface area contributed by atoms with E-state index >= 15 is 0 Å². The molecule has 206 valence electrons. The summed E-state index contributed by atoms with van der Waals surface area (Å²) in [5, 5.41) is 2.46. The van der Waals surface area contributed by atoms with Crippen LogP contribution in [0.1, 0.15) is 0 Å². The SMILES string of the molecule is CN(c1ccc(-c2ccc(N(c3ccccc3)c3cccc4ccccc34)cc2)cc1)c1cccc(-c2ccccc2)c1. The van der Waals surface area contributed by atoms with E-state index in [1.54, 1.807) is 0 Å². The van der Waals surface area contributed by atoms with Gasteiger partial charge in [0.25, 0.3) is 0 Å². The third kappa shape index (κ3) is 5.39. The molecule has 0 atom stereocenters. The first-order valence-corrected chi connectivity index (χ1v) is 14.7. The zero-order valence-corrected chi connectivity index (χ0v) is 24.1. The van der Waals surface area contributed by atoms with Crippen molar-refractivity contribution in [3.63, 3.8) is 0 Å². The van der Waals surface area contributed by atoms with Gasteiger partial charge in [0.1, 0.15) is 0 Å². The minimum absolute atomic E-state index is 1.13. The lowest BCUT2D eigenvalue weighted by atomic mass is 10.0. The first-order chi connectivity index (χ1) is 21.2. The number of hydrogen-bond acceptors (Lipinski definition) is 2. The van der Waals surface area contributed by atoms with Gasteiger partial charge in [-0.25, -0.2) is 0 Å². The maximum Gasteiger partial charge on any atom is 0.0540 e. The molecule has 0 aliphatic carbocycles. The number of para-hydroxylation sites is 1. The van der Waals surface area contributed by atoms with Crippen molar-refractivity contribution in [3.05, 3.63) is 176 Å². The van der Waals surface area contributed by atoms with Gasteiger partial charge < -0.3 is 9.80 Å². The molecule has 0 amide bonds. The summed E-state index contributed by atoms with van der Waals surface area (Å²) in [5.41, 5.74) is 10.6. The second-order valence-corrected chi connectivity index (χ2v) is 10.7. The molecule has 0 unspecified atom stereocenters. The van der Waals surface area contributed by atoms with Gasteiger partial charge in [-0.2, -0.15) is 0 Å². The molecule has 7 rings (SSSR count). The summed E-state index contributed by atoms with van der Waals surface area (Å²) in [6.07, 6.45) is 0. The Morgan fingerprint density at radius 3 is 1.56 bits per heavy atom. The predicted molar refractivity (Wildman–Crippen MR) is 184 cm³/mol. The Morgan fingerprint density at radius 2 is 0.837 bits per heavy atom. The number of fused-ring (bicyclic) bond motifs is 1. The van der Waals surface area contributed by atoms with Gasteiger partial charge in [-0.15, -0.1) is 0 Å². The fraction of sp³-hybridized carbons (Fsp3) is 0.0244. The zero-order valence-electron chi connectivity index (χ0n) is 24.1. The molecule has 0 aliphatic heterocycles. The van der Waals surface area contributed by atoms with Crippen LogP contribution in [0.2, 0.25) is 0 Å². The van der Waals surface area contributed by atoms with E-state index in [2.05, 4.69) is 193 Å². The van der Waals surface area contributed by atoms with Crippen molar-refractivity contribution in [1.82, 2.24) is 0 Å². The zero-order chi connectivity index (χ0) is 29.0. The Balaban J connectivity index is 1.17. The molecule has 0 radical (unpaired) electrons. The summed E-state index contributed by atoms with van der Waals surface area (Å²) in [7, 11) is 2.12. The molecule has 0 saturated heterocycles. The summed E-state index contributed by atoms with van der Waals surface area (Å²) in [6, 6.07) is 62.6. The van der Waals surface area contributed by atoms with Gasteiger partial charge >= 0.3 is 0 Å². The highest BCUT2D eigenvalue weighted by Crippen LogP contribution is 2.39. The van der Waals surface area contributed by atoms with Gasteiger partial charge in [-0.05, 0) is 82.2 Å². The molecule has 43 heavy (non-hydrogen) atoms. The lowest BCUT2D eigenvalue weighted by molar-refractivity contribution is 1.21. The van der Waals surface area contributed by atoms with E-state index in [4.69, 9.17) is 0 Å². The Bertz CT molecular complexity index is 1960.